The highest BCUT2D eigenvalue weighted by Gasteiger charge is 2.31. The molecule has 2 atom stereocenters. The molecule has 0 spiro atoms. The Morgan fingerprint density at radius 3 is 2.86 bits per heavy atom. The van der Waals surface area contributed by atoms with Gasteiger partial charge in [-0.25, -0.2) is 4.98 Å². The molecule has 6 N–H and O–H groups in total. The lowest BCUT2D eigenvalue weighted by Gasteiger charge is -2.38. The summed E-state index contributed by atoms with van der Waals surface area (Å²) < 4.78 is 5.27. The molecule has 0 bridgehead atoms. The van der Waals surface area contributed by atoms with Crippen LogP contribution in [0.15, 0.2) is 48.5 Å². The van der Waals surface area contributed by atoms with E-state index in [1.54, 1.807) is 7.11 Å². The van der Waals surface area contributed by atoms with Crippen molar-refractivity contribution in [3.63, 3.8) is 0 Å². The number of carbonyl (C=O) groups excluding carboxylic acids is 1. The first kappa shape index (κ1) is 23.4. The van der Waals surface area contributed by atoms with Crippen molar-refractivity contribution in [1.82, 2.24) is 25.5 Å². The monoisotopic (exact) mass is 486 g/mol. The molecule has 1 aliphatic rings. The topological polar surface area (TPSA) is 148 Å². The number of aromatic nitrogens is 4. The summed E-state index contributed by atoms with van der Waals surface area (Å²) in [6.45, 7) is 3.15. The summed E-state index contributed by atoms with van der Waals surface area (Å²) in [7, 11) is 1.63. The van der Waals surface area contributed by atoms with Crippen molar-refractivity contribution < 1.29 is 9.53 Å². The summed E-state index contributed by atoms with van der Waals surface area (Å²) in [5, 5.41) is 10.9. The number of methoxy groups -OCH3 is 1. The molecule has 10 nitrogen and oxygen atoms in total. The lowest BCUT2D eigenvalue weighted by atomic mass is 9.92. The van der Waals surface area contributed by atoms with Crippen molar-refractivity contribution in [2.45, 2.75) is 32.4 Å². The summed E-state index contributed by atoms with van der Waals surface area (Å²) in [5.41, 5.74) is 15.4. The van der Waals surface area contributed by atoms with E-state index in [9.17, 15) is 4.79 Å². The maximum atomic E-state index is 13.0. The molecule has 1 amide bonds. The van der Waals surface area contributed by atoms with E-state index in [-0.39, 0.29) is 23.8 Å². The van der Waals surface area contributed by atoms with E-state index in [0.29, 0.717) is 30.4 Å². The van der Waals surface area contributed by atoms with E-state index in [1.807, 2.05) is 48.5 Å². The molecule has 10 heteroatoms. The van der Waals surface area contributed by atoms with Crippen LogP contribution < -0.4 is 26.4 Å². The predicted octanol–water partition coefficient (Wildman–Crippen LogP) is 3.11. The number of anilines is 3. The average Bonchev–Trinajstić information content (AvgIpc) is 3.27. The average molecular weight is 487 g/mol. The summed E-state index contributed by atoms with van der Waals surface area (Å²) in [6, 6.07) is 15.6. The minimum Gasteiger partial charge on any atom is -0.497 e. The van der Waals surface area contributed by atoms with Crippen LogP contribution in [0.1, 0.15) is 25.3 Å². The van der Waals surface area contributed by atoms with Crippen molar-refractivity contribution in [3.05, 3.63) is 54.1 Å². The molecule has 2 aromatic heterocycles. The van der Waals surface area contributed by atoms with Gasteiger partial charge in [-0.2, -0.15) is 10.1 Å². The fourth-order valence-corrected chi connectivity index (χ4v) is 4.70. The summed E-state index contributed by atoms with van der Waals surface area (Å²) in [6.07, 6.45) is 1.68. The minimum absolute atomic E-state index is 0.0271. The van der Waals surface area contributed by atoms with Crippen molar-refractivity contribution in [1.29, 1.82) is 0 Å². The Bertz CT molecular complexity index is 1400. The van der Waals surface area contributed by atoms with Crippen LogP contribution in [0.3, 0.4) is 0 Å². The highest BCUT2D eigenvalue weighted by atomic mass is 16.5. The number of amides is 1. The lowest BCUT2D eigenvalue weighted by molar-refractivity contribution is -0.125. The Balaban J connectivity index is 1.33. The van der Waals surface area contributed by atoms with Gasteiger partial charge in [-0.15, -0.1) is 0 Å². The van der Waals surface area contributed by atoms with Crippen LogP contribution in [-0.4, -0.2) is 45.8 Å². The van der Waals surface area contributed by atoms with Gasteiger partial charge in [0.15, 0.2) is 5.82 Å². The first-order valence-electron chi connectivity index (χ1n) is 12.0. The number of nitrogens with two attached hydrogens (primary N) is 2. The fraction of sp³-hybridized carbons (Fsp3) is 0.308. The van der Waals surface area contributed by atoms with E-state index in [2.05, 4.69) is 37.3 Å². The first-order valence-corrected chi connectivity index (χ1v) is 12.0. The number of aromatic amines is 1. The van der Waals surface area contributed by atoms with Crippen LogP contribution >= 0.6 is 0 Å². The quantitative estimate of drug-likeness (QED) is 0.325. The lowest BCUT2D eigenvalue weighted by Crippen LogP contribution is -2.47. The first-order chi connectivity index (χ1) is 17.4. The van der Waals surface area contributed by atoms with Crippen molar-refractivity contribution in [3.8, 4) is 17.0 Å². The third-order valence-corrected chi connectivity index (χ3v) is 6.77. The summed E-state index contributed by atoms with van der Waals surface area (Å²) in [4.78, 5) is 24.2. The number of hydrogen-bond donors (Lipinski definition) is 4. The van der Waals surface area contributed by atoms with Gasteiger partial charge < -0.3 is 26.4 Å². The second-order valence-electron chi connectivity index (χ2n) is 9.18. The standard InChI is InChI=1S/C26H30N8O2/c1-15-6-7-18(25(35)29-13-16-4-3-5-19(10-16)36-2)14-34(15)23-12-21(30-26(28)31-23)17-8-9-20-22(11-17)32-33-24(20)27/h3-5,8-12,15,18H,6-7,13-14H2,1-2H3,(H,29,35)(H3,27,32,33)(H2,28,30,31). The third-order valence-electron chi connectivity index (χ3n) is 6.77. The third kappa shape index (κ3) is 4.74. The number of nitrogen functional groups attached to an aromatic ring is 2. The number of nitrogens with zero attached hydrogens (tertiary/aromatic N) is 4. The molecule has 36 heavy (non-hydrogen) atoms. The maximum absolute atomic E-state index is 13.0. The van der Waals surface area contributed by atoms with Gasteiger partial charge in [-0.05, 0) is 49.6 Å². The molecule has 1 aliphatic heterocycles. The van der Waals surface area contributed by atoms with Crippen LogP contribution in [0.5, 0.6) is 5.75 Å². The largest absolute Gasteiger partial charge is 0.497 e. The molecule has 1 saturated heterocycles. The highest BCUT2D eigenvalue weighted by molar-refractivity contribution is 5.91. The van der Waals surface area contributed by atoms with Crippen LogP contribution in [0.2, 0.25) is 0 Å². The molecular formula is C26H30N8O2. The van der Waals surface area contributed by atoms with Gasteiger partial charge in [-0.1, -0.05) is 18.2 Å². The van der Waals surface area contributed by atoms with Crippen molar-refractivity contribution >= 4 is 34.4 Å². The molecular weight excluding hydrogens is 456 g/mol. The van der Waals surface area contributed by atoms with E-state index >= 15 is 0 Å². The molecule has 5 rings (SSSR count). The number of nitrogens with one attached hydrogen (secondary N) is 2. The SMILES string of the molecule is COc1cccc(CNC(=O)C2CCC(C)N(c3cc(-c4ccc5c(N)n[nH]c5c4)nc(N)n3)C2)c1. The molecule has 0 aliphatic carbocycles. The van der Waals surface area contributed by atoms with E-state index in [4.69, 9.17) is 16.2 Å². The zero-order chi connectivity index (χ0) is 25.2. The second-order valence-corrected chi connectivity index (χ2v) is 9.18. The van der Waals surface area contributed by atoms with Crippen molar-refractivity contribution in [2.75, 3.05) is 30.0 Å². The minimum atomic E-state index is -0.157. The maximum Gasteiger partial charge on any atom is 0.225 e. The van der Waals surface area contributed by atoms with Crippen LogP contribution in [-0.2, 0) is 11.3 Å². The zero-order valence-electron chi connectivity index (χ0n) is 20.4. The smallest absolute Gasteiger partial charge is 0.225 e. The Morgan fingerprint density at radius 1 is 1.17 bits per heavy atom. The van der Waals surface area contributed by atoms with Gasteiger partial charge in [0, 0.05) is 36.1 Å². The number of fused-ring (bicyclic) bond motifs is 1. The molecule has 0 saturated carbocycles. The molecule has 2 unspecified atom stereocenters. The highest BCUT2D eigenvalue weighted by Crippen LogP contribution is 2.31. The van der Waals surface area contributed by atoms with E-state index < -0.39 is 0 Å². The molecule has 2 aromatic carbocycles. The van der Waals surface area contributed by atoms with Crippen LogP contribution in [0, 0.1) is 5.92 Å². The van der Waals surface area contributed by atoms with Gasteiger partial charge in [0.25, 0.3) is 0 Å². The number of benzene rings is 2. The van der Waals surface area contributed by atoms with Crippen molar-refractivity contribution in [2.24, 2.45) is 5.92 Å². The second kappa shape index (κ2) is 9.73. The van der Waals surface area contributed by atoms with E-state index in [1.165, 1.54) is 0 Å². The molecule has 0 radical (unpaired) electrons. The Labute approximate surface area is 209 Å². The van der Waals surface area contributed by atoms with Gasteiger partial charge in [0.05, 0.1) is 24.2 Å². The normalized spacial score (nSPS) is 17.8. The predicted molar refractivity (Wildman–Crippen MR) is 140 cm³/mol. The molecule has 3 heterocycles. The van der Waals surface area contributed by atoms with Gasteiger partial charge in [-0.3, -0.25) is 9.89 Å². The molecule has 4 aromatic rings. The number of ether oxygens (including phenoxy) is 1. The van der Waals surface area contributed by atoms with E-state index in [0.717, 1.165) is 40.6 Å². The Morgan fingerprint density at radius 2 is 2.03 bits per heavy atom. The van der Waals surface area contributed by atoms with Crippen LogP contribution in [0.25, 0.3) is 22.2 Å². The summed E-state index contributed by atoms with van der Waals surface area (Å²) >= 11 is 0. The van der Waals surface area contributed by atoms with Gasteiger partial charge >= 0.3 is 0 Å². The van der Waals surface area contributed by atoms with Gasteiger partial charge in [0.2, 0.25) is 11.9 Å². The number of carbonyl (C=O) groups is 1. The zero-order valence-corrected chi connectivity index (χ0v) is 20.4. The number of rotatable bonds is 6. The van der Waals surface area contributed by atoms with Crippen LogP contribution in [0.4, 0.5) is 17.6 Å². The Hall–Kier alpha value is -4.34. The van der Waals surface area contributed by atoms with Gasteiger partial charge in [0.1, 0.15) is 11.6 Å². The molecule has 186 valence electrons. The number of hydrogen-bond acceptors (Lipinski definition) is 8. The number of H-pyrrole nitrogens is 1. The Kier molecular flexibility index (Phi) is 6.32. The summed E-state index contributed by atoms with van der Waals surface area (Å²) in [5.74, 6) is 1.99. The number of piperidine rings is 1. The molecule has 1 fully saturated rings. The fourth-order valence-electron chi connectivity index (χ4n) is 4.70.